The highest BCUT2D eigenvalue weighted by atomic mass is 32.1. The van der Waals surface area contributed by atoms with Gasteiger partial charge in [-0.2, -0.15) is 11.3 Å². The Labute approximate surface area is 95.9 Å². The summed E-state index contributed by atoms with van der Waals surface area (Å²) in [5.41, 5.74) is 0.785. The van der Waals surface area contributed by atoms with E-state index in [2.05, 4.69) is 20.5 Å². The first-order chi connectivity index (χ1) is 7.83. The van der Waals surface area contributed by atoms with Gasteiger partial charge in [0.05, 0.1) is 5.69 Å². The van der Waals surface area contributed by atoms with E-state index in [9.17, 15) is 4.79 Å². The first-order valence-electron chi connectivity index (χ1n) is 5.09. The van der Waals surface area contributed by atoms with Gasteiger partial charge in [-0.25, -0.2) is 4.98 Å². The van der Waals surface area contributed by atoms with E-state index in [1.54, 1.807) is 0 Å². The summed E-state index contributed by atoms with van der Waals surface area (Å²) >= 11 is 1.53. The van der Waals surface area contributed by atoms with Gasteiger partial charge in [0.1, 0.15) is 5.82 Å². The van der Waals surface area contributed by atoms with E-state index in [0.717, 1.165) is 24.4 Å². The molecule has 16 heavy (non-hydrogen) atoms. The third kappa shape index (κ3) is 1.83. The highest BCUT2D eigenvalue weighted by Gasteiger charge is 2.28. The standard InChI is InChI=1S/C10H10N4OS/c15-10(11-7-3-4-16-5-7)9-12-8(13-14-9)6-1-2-6/h3-6H,1-2H2,(H,11,15)(H,12,13,14). The average Bonchev–Trinajstić information content (AvgIpc) is 2.82. The van der Waals surface area contributed by atoms with Crippen LogP contribution in [0.25, 0.3) is 0 Å². The van der Waals surface area contributed by atoms with Crippen LogP contribution in [0.5, 0.6) is 0 Å². The van der Waals surface area contributed by atoms with Crippen LogP contribution < -0.4 is 5.32 Å². The molecule has 0 atom stereocenters. The van der Waals surface area contributed by atoms with E-state index in [0.29, 0.717) is 5.92 Å². The van der Waals surface area contributed by atoms with Crippen molar-refractivity contribution in [3.8, 4) is 0 Å². The largest absolute Gasteiger partial charge is 0.318 e. The molecule has 82 valence electrons. The number of aromatic nitrogens is 3. The van der Waals surface area contributed by atoms with Gasteiger partial charge in [0.15, 0.2) is 0 Å². The third-order valence-corrected chi connectivity index (χ3v) is 3.13. The summed E-state index contributed by atoms with van der Waals surface area (Å²) in [6, 6.07) is 1.84. The lowest BCUT2D eigenvalue weighted by Gasteiger charge is -1.96. The summed E-state index contributed by atoms with van der Waals surface area (Å²) in [5, 5.41) is 13.2. The fraction of sp³-hybridized carbons (Fsp3) is 0.300. The van der Waals surface area contributed by atoms with E-state index in [4.69, 9.17) is 0 Å². The van der Waals surface area contributed by atoms with Gasteiger partial charge in [0.25, 0.3) is 5.91 Å². The SMILES string of the molecule is O=C(Nc1ccsc1)c1n[nH]c(C2CC2)n1. The summed E-state index contributed by atoms with van der Waals surface area (Å²) in [7, 11) is 0. The summed E-state index contributed by atoms with van der Waals surface area (Å²) in [4.78, 5) is 15.9. The number of carbonyl (C=O) groups excluding carboxylic acids is 1. The topological polar surface area (TPSA) is 70.7 Å². The van der Waals surface area contributed by atoms with Crippen molar-refractivity contribution in [2.24, 2.45) is 0 Å². The van der Waals surface area contributed by atoms with Crippen molar-refractivity contribution in [1.29, 1.82) is 0 Å². The number of anilines is 1. The van der Waals surface area contributed by atoms with Crippen molar-refractivity contribution in [3.05, 3.63) is 28.5 Å². The van der Waals surface area contributed by atoms with E-state index in [1.807, 2.05) is 16.8 Å². The Morgan fingerprint density at radius 3 is 3.12 bits per heavy atom. The molecule has 2 aromatic heterocycles. The molecule has 2 N–H and O–H groups in total. The van der Waals surface area contributed by atoms with Crippen molar-refractivity contribution in [2.75, 3.05) is 5.32 Å². The molecule has 0 bridgehead atoms. The van der Waals surface area contributed by atoms with Crippen molar-refractivity contribution >= 4 is 22.9 Å². The van der Waals surface area contributed by atoms with Gasteiger partial charge in [0.2, 0.25) is 5.82 Å². The Balaban J connectivity index is 1.73. The first-order valence-corrected chi connectivity index (χ1v) is 6.03. The van der Waals surface area contributed by atoms with Gasteiger partial charge in [0, 0.05) is 11.3 Å². The number of rotatable bonds is 3. The highest BCUT2D eigenvalue weighted by molar-refractivity contribution is 7.08. The molecule has 6 heteroatoms. The third-order valence-electron chi connectivity index (χ3n) is 2.45. The van der Waals surface area contributed by atoms with Crippen LogP contribution in [0.2, 0.25) is 0 Å². The van der Waals surface area contributed by atoms with Gasteiger partial charge in [-0.15, -0.1) is 5.10 Å². The molecule has 3 rings (SSSR count). The molecule has 1 aliphatic rings. The Morgan fingerprint density at radius 1 is 1.56 bits per heavy atom. The maximum absolute atomic E-state index is 11.7. The van der Waals surface area contributed by atoms with Crippen molar-refractivity contribution in [2.45, 2.75) is 18.8 Å². The number of H-pyrrole nitrogens is 1. The Hall–Kier alpha value is -1.69. The minimum Gasteiger partial charge on any atom is -0.318 e. The van der Waals surface area contributed by atoms with E-state index >= 15 is 0 Å². The molecule has 0 aliphatic heterocycles. The minimum atomic E-state index is -0.262. The molecule has 1 aliphatic carbocycles. The number of hydrogen-bond acceptors (Lipinski definition) is 4. The number of thiophene rings is 1. The quantitative estimate of drug-likeness (QED) is 0.853. The molecule has 0 spiro atoms. The average molecular weight is 234 g/mol. The number of aromatic amines is 1. The highest BCUT2D eigenvalue weighted by Crippen LogP contribution is 2.37. The lowest BCUT2D eigenvalue weighted by molar-refractivity contribution is 0.101. The van der Waals surface area contributed by atoms with E-state index in [-0.39, 0.29) is 11.7 Å². The molecular weight excluding hydrogens is 224 g/mol. The van der Waals surface area contributed by atoms with Crippen LogP contribution in [-0.2, 0) is 0 Å². The number of carbonyl (C=O) groups is 1. The monoisotopic (exact) mass is 234 g/mol. The van der Waals surface area contributed by atoms with Crippen LogP contribution in [-0.4, -0.2) is 21.1 Å². The summed E-state index contributed by atoms with van der Waals surface area (Å²) in [6.45, 7) is 0. The second-order valence-corrected chi connectivity index (χ2v) is 4.56. The van der Waals surface area contributed by atoms with Crippen LogP contribution >= 0.6 is 11.3 Å². The first kappa shape index (κ1) is 9.53. The Morgan fingerprint density at radius 2 is 2.44 bits per heavy atom. The van der Waals surface area contributed by atoms with Crippen molar-refractivity contribution < 1.29 is 4.79 Å². The second kappa shape index (κ2) is 3.71. The molecule has 5 nitrogen and oxygen atoms in total. The van der Waals surface area contributed by atoms with Gasteiger partial charge >= 0.3 is 0 Å². The van der Waals surface area contributed by atoms with Crippen LogP contribution in [0.1, 0.15) is 35.2 Å². The smallest absolute Gasteiger partial charge is 0.295 e. The number of amides is 1. The van der Waals surface area contributed by atoms with Gasteiger partial charge < -0.3 is 5.32 Å². The molecule has 2 heterocycles. The zero-order valence-corrected chi connectivity index (χ0v) is 9.25. The maximum Gasteiger partial charge on any atom is 0.295 e. The Kier molecular flexibility index (Phi) is 2.21. The minimum absolute atomic E-state index is 0.216. The maximum atomic E-state index is 11.7. The fourth-order valence-corrected chi connectivity index (χ4v) is 2.03. The number of nitrogens with one attached hydrogen (secondary N) is 2. The summed E-state index contributed by atoms with van der Waals surface area (Å²) < 4.78 is 0. The van der Waals surface area contributed by atoms with Gasteiger partial charge in [-0.05, 0) is 24.3 Å². The fourth-order valence-electron chi connectivity index (χ4n) is 1.44. The predicted octanol–water partition coefficient (Wildman–Crippen LogP) is 2.00. The molecule has 2 aromatic rings. The molecule has 0 saturated heterocycles. The zero-order valence-electron chi connectivity index (χ0n) is 8.43. The van der Waals surface area contributed by atoms with Crippen molar-refractivity contribution in [3.63, 3.8) is 0 Å². The van der Waals surface area contributed by atoms with Crippen LogP contribution in [0.15, 0.2) is 16.8 Å². The zero-order chi connectivity index (χ0) is 11.0. The van der Waals surface area contributed by atoms with Crippen LogP contribution in [0, 0.1) is 0 Å². The van der Waals surface area contributed by atoms with Crippen LogP contribution in [0.4, 0.5) is 5.69 Å². The summed E-state index contributed by atoms with van der Waals surface area (Å²) in [5.74, 6) is 1.26. The lowest BCUT2D eigenvalue weighted by Crippen LogP contribution is -2.13. The molecular formula is C10H10N4OS. The molecule has 0 radical (unpaired) electrons. The normalized spacial score (nSPS) is 15.0. The van der Waals surface area contributed by atoms with Crippen molar-refractivity contribution in [1.82, 2.24) is 15.2 Å². The number of hydrogen-bond donors (Lipinski definition) is 2. The van der Waals surface area contributed by atoms with Gasteiger partial charge in [-0.3, -0.25) is 9.89 Å². The van der Waals surface area contributed by atoms with Gasteiger partial charge in [-0.1, -0.05) is 0 Å². The summed E-state index contributed by atoms with van der Waals surface area (Å²) in [6.07, 6.45) is 2.28. The Bertz CT molecular complexity index is 501. The molecule has 1 saturated carbocycles. The second-order valence-electron chi connectivity index (χ2n) is 3.78. The van der Waals surface area contributed by atoms with E-state index in [1.165, 1.54) is 11.3 Å². The van der Waals surface area contributed by atoms with E-state index < -0.39 is 0 Å². The van der Waals surface area contributed by atoms with Crippen LogP contribution in [0.3, 0.4) is 0 Å². The predicted molar refractivity (Wildman–Crippen MR) is 60.6 cm³/mol. The molecule has 0 unspecified atom stereocenters. The molecule has 0 aromatic carbocycles. The lowest BCUT2D eigenvalue weighted by atomic mass is 10.4. The molecule has 1 amide bonds. The number of nitrogens with zero attached hydrogens (tertiary/aromatic N) is 2. The molecule has 1 fully saturated rings.